The summed E-state index contributed by atoms with van der Waals surface area (Å²) in [5.41, 5.74) is 0. The fraction of sp³-hybridized carbons (Fsp3) is 1.00. The van der Waals surface area contributed by atoms with Crippen LogP contribution in [0, 0.1) is 0 Å². The third-order valence-electron chi connectivity index (χ3n) is 3.06. The molecular formula is C9H18N2O. The van der Waals surface area contributed by atoms with E-state index in [-0.39, 0.29) is 6.10 Å². The maximum Gasteiger partial charge on any atom is 0.0721 e. The zero-order chi connectivity index (χ0) is 8.72. The van der Waals surface area contributed by atoms with Crippen LogP contribution in [0.4, 0.5) is 0 Å². The van der Waals surface area contributed by atoms with Crippen molar-refractivity contribution in [3.63, 3.8) is 0 Å². The van der Waals surface area contributed by atoms with Gasteiger partial charge < -0.3 is 10.4 Å². The van der Waals surface area contributed by atoms with Gasteiger partial charge in [0.15, 0.2) is 0 Å². The minimum Gasteiger partial charge on any atom is -0.391 e. The average Bonchev–Trinajstić information content (AvgIpc) is 2.26. The molecule has 0 spiro atoms. The monoisotopic (exact) mass is 170 g/mol. The molecule has 0 aromatic rings. The summed E-state index contributed by atoms with van der Waals surface area (Å²) in [5.74, 6) is 0. The lowest BCUT2D eigenvalue weighted by atomic mass is 10.2. The van der Waals surface area contributed by atoms with Crippen molar-refractivity contribution >= 4 is 0 Å². The summed E-state index contributed by atoms with van der Waals surface area (Å²) >= 11 is 0. The Labute approximate surface area is 73.8 Å². The van der Waals surface area contributed by atoms with Gasteiger partial charge in [-0.1, -0.05) is 0 Å². The summed E-state index contributed by atoms with van der Waals surface area (Å²) in [6.07, 6.45) is 0.826. The van der Waals surface area contributed by atoms with Crippen LogP contribution in [0.2, 0.25) is 0 Å². The van der Waals surface area contributed by atoms with E-state index in [1.807, 2.05) is 0 Å². The molecule has 2 rings (SSSR count). The van der Waals surface area contributed by atoms with E-state index in [0.29, 0.717) is 18.1 Å². The smallest absolute Gasteiger partial charge is 0.0721 e. The van der Waals surface area contributed by atoms with Gasteiger partial charge in [-0.05, 0) is 20.3 Å². The molecule has 3 unspecified atom stereocenters. The topological polar surface area (TPSA) is 35.5 Å². The molecule has 2 aliphatic heterocycles. The summed E-state index contributed by atoms with van der Waals surface area (Å²) in [6.45, 7) is 6.55. The highest BCUT2D eigenvalue weighted by Gasteiger charge is 2.38. The first kappa shape index (κ1) is 8.48. The van der Waals surface area contributed by atoms with Crippen molar-refractivity contribution in [3.05, 3.63) is 0 Å². The molecule has 0 saturated carbocycles. The van der Waals surface area contributed by atoms with Gasteiger partial charge in [0.25, 0.3) is 0 Å². The van der Waals surface area contributed by atoms with Crippen molar-refractivity contribution in [1.29, 1.82) is 0 Å². The van der Waals surface area contributed by atoms with Crippen LogP contribution in [0.15, 0.2) is 0 Å². The van der Waals surface area contributed by atoms with Crippen molar-refractivity contribution in [2.45, 2.75) is 44.5 Å². The lowest BCUT2D eigenvalue weighted by Gasteiger charge is -2.35. The van der Waals surface area contributed by atoms with Crippen LogP contribution >= 0.6 is 0 Å². The molecule has 0 aromatic heterocycles. The molecule has 2 heterocycles. The lowest BCUT2D eigenvalue weighted by Crippen LogP contribution is -2.54. The van der Waals surface area contributed by atoms with E-state index in [2.05, 4.69) is 24.1 Å². The molecule has 12 heavy (non-hydrogen) atoms. The molecule has 3 nitrogen and oxygen atoms in total. The second kappa shape index (κ2) is 2.98. The number of aliphatic hydroxyl groups is 1. The minimum absolute atomic E-state index is 0.112. The van der Waals surface area contributed by atoms with Crippen LogP contribution in [0.5, 0.6) is 0 Å². The molecule has 2 saturated heterocycles. The highest BCUT2D eigenvalue weighted by molar-refractivity contribution is 4.98. The number of likely N-dealkylation sites (tertiary alicyclic amines) is 1. The summed E-state index contributed by atoms with van der Waals surface area (Å²) in [6, 6.07) is 1.47. The first-order valence-electron chi connectivity index (χ1n) is 4.85. The quantitative estimate of drug-likeness (QED) is 0.572. The number of rotatable bonds is 1. The highest BCUT2D eigenvalue weighted by Crippen LogP contribution is 2.21. The largest absolute Gasteiger partial charge is 0.391 e. The molecule has 0 amide bonds. The van der Waals surface area contributed by atoms with Crippen molar-refractivity contribution in [1.82, 2.24) is 10.2 Å². The molecule has 2 fully saturated rings. The summed E-state index contributed by atoms with van der Waals surface area (Å²) in [4.78, 5) is 2.45. The second-order valence-electron chi connectivity index (χ2n) is 4.32. The highest BCUT2D eigenvalue weighted by atomic mass is 16.3. The molecule has 0 aliphatic carbocycles. The summed E-state index contributed by atoms with van der Waals surface area (Å²) in [5, 5.41) is 13.0. The first-order chi connectivity index (χ1) is 5.66. The van der Waals surface area contributed by atoms with Gasteiger partial charge in [-0.2, -0.15) is 0 Å². The molecule has 2 N–H and O–H groups in total. The van der Waals surface area contributed by atoms with Gasteiger partial charge in [-0.3, -0.25) is 4.90 Å². The normalized spacial score (nSPS) is 42.5. The predicted octanol–water partition coefficient (Wildman–Crippen LogP) is -0.198. The summed E-state index contributed by atoms with van der Waals surface area (Å²) < 4.78 is 0. The van der Waals surface area contributed by atoms with Gasteiger partial charge >= 0.3 is 0 Å². The van der Waals surface area contributed by atoms with E-state index in [4.69, 9.17) is 0 Å². The summed E-state index contributed by atoms with van der Waals surface area (Å²) in [7, 11) is 0. The number of fused-ring (bicyclic) bond motifs is 2. The predicted molar refractivity (Wildman–Crippen MR) is 48.0 cm³/mol. The molecule has 3 atom stereocenters. The van der Waals surface area contributed by atoms with Gasteiger partial charge in [0, 0.05) is 31.2 Å². The van der Waals surface area contributed by atoms with Gasteiger partial charge in [-0.25, -0.2) is 0 Å². The maximum absolute atomic E-state index is 9.61. The fourth-order valence-corrected chi connectivity index (χ4v) is 2.27. The zero-order valence-electron chi connectivity index (χ0n) is 7.83. The number of nitrogens with one attached hydrogen (secondary N) is 1. The number of hydrogen-bond acceptors (Lipinski definition) is 3. The molecule has 3 heteroatoms. The Bertz CT molecular complexity index is 170. The van der Waals surface area contributed by atoms with Crippen molar-refractivity contribution < 1.29 is 5.11 Å². The van der Waals surface area contributed by atoms with Gasteiger partial charge in [0.1, 0.15) is 0 Å². The molecular weight excluding hydrogens is 152 g/mol. The van der Waals surface area contributed by atoms with Crippen molar-refractivity contribution in [2.75, 3.05) is 13.1 Å². The first-order valence-corrected chi connectivity index (χ1v) is 4.85. The van der Waals surface area contributed by atoms with Crippen molar-refractivity contribution in [3.8, 4) is 0 Å². The van der Waals surface area contributed by atoms with Crippen molar-refractivity contribution in [2.24, 2.45) is 0 Å². The van der Waals surface area contributed by atoms with E-state index in [0.717, 1.165) is 19.5 Å². The van der Waals surface area contributed by atoms with Crippen LogP contribution in [-0.2, 0) is 0 Å². The number of nitrogens with zero attached hydrogens (tertiary/aromatic N) is 1. The van der Waals surface area contributed by atoms with Crippen LogP contribution in [-0.4, -0.2) is 47.3 Å². The Morgan fingerprint density at radius 1 is 1.42 bits per heavy atom. The molecule has 0 aromatic carbocycles. The number of aliphatic hydroxyl groups excluding tert-OH is 1. The fourth-order valence-electron chi connectivity index (χ4n) is 2.27. The van der Waals surface area contributed by atoms with Gasteiger partial charge in [0.05, 0.1) is 6.10 Å². The van der Waals surface area contributed by atoms with E-state index < -0.39 is 0 Å². The second-order valence-corrected chi connectivity index (χ2v) is 4.32. The van der Waals surface area contributed by atoms with Gasteiger partial charge in [-0.15, -0.1) is 0 Å². The Morgan fingerprint density at radius 2 is 2.17 bits per heavy atom. The van der Waals surface area contributed by atoms with Crippen LogP contribution < -0.4 is 5.32 Å². The van der Waals surface area contributed by atoms with E-state index >= 15 is 0 Å². The maximum atomic E-state index is 9.61. The Hall–Kier alpha value is -0.120. The Balaban J connectivity index is 2.01. The van der Waals surface area contributed by atoms with Crippen LogP contribution in [0.3, 0.4) is 0 Å². The third kappa shape index (κ3) is 1.37. The van der Waals surface area contributed by atoms with E-state index in [1.54, 1.807) is 0 Å². The molecule has 2 bridgehead atoms. The number of hydrogen-bond donors (Lipinski definition) is 2. The van der Waals surface area contributed by atoms with E-state index in [1.165, 1.54) is 0 Å². The standard InChI is InChI=1S/C9H18N2O/c1-6(2)11-4-7-3-9(12)8(5-11)10-7/h6-10,12H,3-5H2,1-2H3. The van der Waals surface area contributed by atoms with Crippen LogP contribution in [0.1, 0.15) is 20.3 Å². The van der Waals surface area contributed by atoms with Crippen LogP contribution in [0.25, 0.3) is 0 Å². The average molecular weight is 170 g/mol. The minimum atomic E-state index is -0.112. The molecule has 0 radical (unpaired) electrons. The third-order valence-corrected chi connectivity index (χ3v) is 3.06. The molecule has 70 valence electrons. The Kier molecular flexibility index (Phi) is 2.10. The SMILES string of the molecule is CC(C)N1CC2CC(O)C(C1)N2. The van der Waals surface area contributed by atoms with Gasteiger partial charge in [0.2, 0.25) is 0 Å². The Morgan fingerprint density at radius 3 is 2.75 bits per heavy atom. The molecule has 2 aliphatic rings. The number of piperazine rings is 1. The zero-order valence-corrected chi connectivity index (χ0v) is 7.83. The van der Waals surface area contributed by atoms with E-state index in [9.17, 15) is 5.11 Å². The lowest BCUT2D eigenvalue weighted by molar-refractivity contribution is 0.116.